The van der Waals surface area contributed by atoms with Gasteiger partial charge in [-0.2, -0.15) is 0 Å². The van der Waals surface area contributed by atoms with E-state index in [2.05, 4.69) is 10.6 Å². The number of nitrogens with zero attached hydrogens (tertiary/aromatic N) is 1. The van der Waals surface area contributed by atoms with Gasteiger partial charge in [0.05, 0.1) is 13.7 Å². The van der Waals surface area contributed by atoms with Crippen molar-refractivity contribution < 1.29 is 14.3 Å². The molecule has 1 heterocycles. The fraction of sp³-hybridized carbons (Fsp3) is 0.263. The molecule has 0 aromatic heterocycles. The molecule has 1 unspecified atom stereocenters. The predicted octanol–water partition coefficient (Wildman–Crippen LogP) is 2.61. The van der Waals surface area contributed by atoms with Gasteiger partial charge in [-0.3, -0.25) is 9.69 Å². The van der Waals surface area contributed by atoms with Crippen LogP contribution < -0.4 is 20.3 Å². The molecular weight excluding hydrogens is 354 g/mol. The molecule has 1 saturated heterocycles. The van der Waals surface area contributed by atoms with Crippen molar-refractivity contribution in [3.05, 3.63) is 59.1 Å². The minimum Gasteiger partial charge on any atom is -0.497 e. The lowest BCUT2D eigenvalue weighted by Crippen LogP contribution is -2.43. The average molecular weight is 374 g/mol. The van der Waals surface area contributed by atoms with Gasteiger partial charge >= 0.3 is 6.03 Å². The summed E-state index contributed by atoms with van der Waals surface area (Å²) in [5.41, 5.74) is 1.78. The van der Waals surface area contributed by atoms with Crippen LogP contribution in [0, 0.1) is 0 Å². The molecule has 2 aromatic rings. The number of hydrogen-bond acceptors (Lipinski definition) is 3. The smallest absolute Gasteiger partial charge is 0.322 e. The number of halogens is 1. The van der Waals surface area contributed by atoms with Gasteiger partial charge in [-0.1, -0.05) is 29.8 Å². The van der Waals surface area contributed by atoms with Crippen LogP contribution in [-0.2, 0) is 11.2 Å². The Morgan fingerprint density at radius 1 is 1.31 bits per heavy atom. The summed E-state index contributed by atoms with van der Waals surface area (Å²) in [7, 11) is 1.57. The summed E-state index contributed by atoms with van der Waals surface area (Å²) < 4.78 is 5.18. The molecule has 7 heteroatoms. The second-order valence-corrected chi connectivity index (χ2v) is 6.42. The van der Waals surface area contributed by atoms with Crippen LogP contribution in [0.4, 0.5) is 10.5 Å². The van der Waals surface area contributed by atoms with Crippen molar-refractivity contribution in [3.8, 4) is 5.75 Å². The number of anilines is 1. The first kappa shape index (κ1) is 18.1. The summed E-state index contributed by atoms with van der Waals surface area (Å²) in [6.07, 6.45) is 0.698. The zero-order chi connectivity index (χ0) is 18.5. The first-order valence-corrected chi connectivity index (χ1v) is 8.69. The van der Waals surface area contributed by atoms with Crippen molar-refractivity contribution in [2.24, 2.45) is 0 Å². The number of amides is 3. The Kier molecular flexibility index (Phi) is 5.63. The largest absolute Gasteiger partial charge is 0.497 e. The van der Waals surface area contributed by atoms with Crippen LogP contribution >= 0.6 is 11.6 Å². The SMILES string of the molecule is COc1cccc(N2CC(C(=O)NCCc3ccc(Cl)cc3)NC2=O)c1. The van der Waals surface area contributed by atoms with E-state index in [-0.39, 0.29) is 18.5 Å². The first-order valence-electron chi connectivity index (χ1n) is 8.31. The van der Waals surface area contributed by atoms with Gasteiger partial charge in [0, 0.05) is 23.3 Å². The molecule has 26 heavy (non-hydrogen) atoms. The van der Waals surface area contributed by atoms with Crippen LogP contribution in [0.5, 0.6) is 5.75 Å². The highest BCUT2D eigenvalue weighted by atomic mass is 35.5. The minimum atomic E-state index is -0.584. The molecule has 3 rings (SSSR count). The van der Waals surface area contributed by atoms with Gasteiger partial charge < -0.3 is 15.4 Å². The quantitative estimate of drug-likeness (QED) is 0.817. The number of carbonyl (C=O) groups excluding carboxylic acids is 2. The van der Waals surface area contributed by atoms with Crippen molar-refractivity contribution in [3.63, 3.8) is 0 Å². The molecule has 2 N–H and O–H groups in total. The maximum atomic E-state index is 12.3. The van der Waals surface area contributed by atoms with Crippen molar-refractivity contribution in [2.75, 3.05) is 25.1 Å². The fourth-order valence-electron chi connectivity index (χ4n) is 2.79. The van der Waals surface area contributed by atoms with Gasteiger partial charge in [0.2, 0.25) is 5.91 Å². The molecule has 1 aliphatic rings. The number of ether oxygens (including phenoxy) is 1. The zero-order valence-electron chi connectivity index (χ0n) is 14.4. The maximum Gasteiger partial charge on any atom is 0.322 e. The number of rotatable bonds is 6. The Morgan fingerprint density at radius 3 is 2.81 bits per heavy atom. The van der Waals surface area contributed by atoms with Crippen LogP contribution in [-0.4, -0.2) is 38.2 Å². The molecule has 0 bridgehead atoms. The Bertz CT molecular complexity index is 795. The summed E-state index contributed by atoms with van der Waals surface area (Å²) in [4.78, 5) is 26.1. The van der Waals surface area contributed by atoms with Crippen LogP contribution in [0.3, 0.4) is 0 Å². The number of methoxy groups -OCH3 is 1. The number of urea groups is 1. The standard InChI is InChI=1S/C19H20ClN3O3/c1-26-16-4-2-3-15(11-16)23-12-17(22-19(23)25)18(24)21-10-9-13-5-7-14(20)8-6-13/h2-8,11,17H,9-10,12H2,1H3,(H,21,24)(H,22,25). The summed E-state index contributed by atoms with van der Waals surface area (Å²) >= 11 is 5.86. The van der Waals surface area contributed by atoms with Crippen LogP contribution in [0.25, 0.3) is 0 Å². The molecule has 0 spiro atoms. The molecule has 1 atom stereocenters. The van der Waals surface area contributed by atoms with Gasteiger partial charge in [0.25, 0.3) is 0 Å². The van der Waals surface area contributed by atoms with E-state index in [9.17, 15) is 9.59 Å². The molecular formula is C19H20ClN3O3. The summed E-state index contributed by atoms with van der Waals surface area (Å²) in [5, 5.41) is 6.26. The van der Waals surface area contributed by atoms with Crippen molar-refractivity contribution >= 4 is 29.2 Å². The molecule has 2 aromatic carbocycles. The normalized spacial score (nSPS) is 16.3. The number of hydrogen-bond donors (Lipinski definition) is 2. The lowest BCUT2D eigenvalue weighted by molar-refractivity contribution is -0.122. The van der Waals surface area contributed by atoms with Gasteiger partial charge in [-0.15, -0.1) is 0 Å². The number of carbonyl (C=O) groups is 2. The third-order valence-corrected chi connectivity index (χ3v) is 4.47. The lowest BCUT2D eigenvalue weighted by atomic mass is 10.1. The Balaban J connectivity index is 1.54. The summed E-state index contributed by atoms with van der Waals surface area (Å²) in [6, 6.07) is 13.8. The summed E-state index contributed by atoms with van der Waals surface area (Å²) in [5.74, 6) is 0.462. The molecule has 1 fully saturated rings. The van der Waals surface area contributed by atoms with Gasteiger partial charge in [-0.25, -0.2) is 4.79 Å². The molecule has 136 valence electrons. The van der Waals surface area contributed by atoms with E-state index in [1.165, 1.54) is 4.90 Å². The topological polar surface area (TPSA) is 70.7 Å². The minimum absolute atomic E-state index is 0.197. The van der Waals surface area contributed by atoms with E-state index >= 15 is 0 Å². The molecule has 6 nitrogen and oxygen atoms in total. The van der Waals surface area contributed by atoms with E-state index in [1.807, 2.05) is 30.3 Å². The number of benzene rings is 2. The van der Waals surface area contributed by atoms with Crippen LogP contribution in [0.1, 0.15) is 5.56 Å². The van der Waals surface area contributed by atoms with E-state index in [1.54, 1.807) is 25.3 Å². The van der Waals surface area contributed by atoms with Crippen molar-refractivity contribution in [1.29, 1.82) is 0 Å². The Hall–Kier alpha value is -2.73. The monoisotopic (exact) mass is 373 g/mol. The first-order chi connectivity index (χ1) is 12.6. The molecule has 0 radical (unpaired) electrons. The molecule has 0 aliphatic carbocycles. The second kappa shape index (κ2) is 8.10. The van der Waals surface area contributed by atoms with E-state index in [0.717, 1.165) is 5.56 Å². The summed E-state index contributed by atoms with van der Waals surface area (Å²) in [6.45, 7) is 0.769. The van der Waals surface area contributed by atoms with Gasteiger partial charge in [0.1, 0.15) is 11.8 Å². The second-order valence-electron chi connectivity index (χ2n) is 5.98. The number of nitrogens with one attached hydrogen (secondary N) is 2. The van der Waals surface area contributed by atoms with Crippen LogP contribution in [0.2, 0.25) is 5.02 Å². The Labute approximate surface area is 157 Å². The predicted molar refractivity (Wildman–Crippen MR) is 101 cm³/mol. The molecule has 3 amide bonds. The van der Waals surface area contributed by atoms with Crippen molar-refractivity contribution in [2.45, 2.75) is 12.5 Å². The maximum absolute atomic E-state index is 12.3. The zero-order valence-corrected chi connectivity index (χ0v) is 15.1. The fourth-order valence-corrected chi connectivity index (χ4v) is 2.92. The van der Waals surface area contributed by atoms with E-state index in [0.29, 0.717) is 29.4 Å². The van der Waals surface area contributed by atoms with E-state index in [4.69, 9.17) is 16.3 Å². The van der Waals surface area contributed by atoms with Crippen LogP contribution in [0.15, 0.2) is 48.5 Å². The third kappa shape index (κ3) is 4.26. The third-order valence-electron chi connectivity index (χ3n) is 4.22. The highest BCUT2D eigenvalue weighted by molar-refractivity contribution is 6.30. The highest BCUT2D eigenvalue weighted by Crippen LogP contribution is 2.23. The Morgan fingerprint density at radius 2 is 2.08 bits per heavy atom. The molecule has 0 saturated carbocycles. The molecule has 1 aliphatic heterocycles. The van der Waals surface area contributed by atoms with E-state index < -0.39 is 6.04 Å². The lowest BCUT2D eigenvalue weighted by Gasteiger charge is -2.15. The van der Waals surface area contributed by atoms with Crippen molar-refractivity contribution in [1.82, 2.24) is 10.6 Å². The highest BCUT2D eigenvalue weighted by Gasteiger charge is 2.34. The van der Waals surface area contributed by atoms with Gasteiger partial charge in [-0.05, 0) is 36.2 Å². The average Bonchev–Trinajstić information content (AvgIpc) is 3.05. The van der Waals surface area contributed by atoms with Gasteiger partial charge in [0.15, 0.2) is 0 Å².